The summed E-state index contributed by atoms with van der Waals surface area (Å²) < 4.78 is 0. The highest BCUT2D eigenvalue weighted by Gasteiger charge is 2.18. The van der Waals surface area contributed by atoms with Gasteiger partial charge in [-0.1, -0.05) is 121 Å². The lowest BCUT2D eigenvalue weighted by Crippen LogP contribution is -1.97. The van der Waals surface area contributed by atoms with Crippen molar-refractivity contribution in [3.63, 3.8) is 0 Å². The molecule has 0 amide bonds. The van der Waals surface area contributed by atoms with E-state index in [2.05, 4.69) is 143 Å². The van der Waals surface area contributed by atoms with Crippen LogP contribution in [0, 0.1) is 0 Å². The van der Waals surface area contributed by atoms with Crippen molar-refractivity contribution in [3.05, 3.63) is 183 Å². The molecule has 4 nitrogen and oxygen atoms in total. The number of nitrogens with zero attached hydrogens (tertiary/aromatic N) is 4. The van der Waals surface area contributed by atoms with Crippen molar-refractivity contribution in [3.8, 4) is 67.3 Å². The summed E-state index contributed by atoms with van der Waals surface area (Å²) in [6, 6.07) is 55.4. The Hall–Kier alpha value is -6.78. The highest BCUT2D eigenvalue weighted by molar-refractivity contribution is 6.21. The topological polar surface area (TPSA) is 51.6 Å². The Labute approximate surface area is 290 Å². The molecular weight excluding hydrogens is 609 g/mol. The zero-order valence-corrected chi connectivity index (χ0v) is 27.1. The van der Waals surface area contributed by atoms with Crippen LogP contribution in [0.3, 0.4) is 0 Å². The fraction of sp³-hybridized carbons (Fsp3) is 0. The Balaban J connectivity index is 1.24. The maximum Gasteiger partial charge on any atom is 0.160 e. The number of hydrogen-bond donors (Lipinski definition) is 0. The Morgan fingerprint density at radius 2 is 0.760 bits per heavy atom. The third-order valence-electron chi connectivity index (χ3n) is 9.24. The molecule has 0 fully saturated rings. The van der Waals surface area contributed by atoms with Crippen LogP contribution in [0.15, 0.2) is 183 Å². The van der Waals surface area contributed by atoms with Crippen LogP contribution in [0.1, 0.15) is 0 Å². The molecule has 9 rings (SSSR count). The van der Waals surface area contributed by atoms with Crippen LogP contribution in [-0.2, 0) is 0 Å². The van der Waals surface area contributed by atoms with Crippen molar-refractivity contribution in [2.24, 2.45) is 0 Å². The quantitative estimate of drug-likeness (QED) is 0.170. The molecule has 6 aromatic carbocycles. The van der Waals surface area contributed by atoms with Crippen LogP contribution in [0.2, 0.25) is 0 Å². The SMILES string of the molecule is c1ccc(-c2c3ccccc3c(-c3cccc(-c4cc(-c5cccnc5)nc(-c5cccc(-c6cccnc6)c5)n4)c3)c3ccccc23)cc1. The molecule has 0 N–H and O–H groups in total. The first kappa shape index (κ1) is 29.4. The zero-order valence-electron chi connectivity index (χ0n) is 27.1. The monoisotopic (exact) mass is 638 g/mol. The summed E-state index contributed by atoms with van der Waals surface area (Å²) in [5.74, 6) is 0.653. The van der Waals surface area contributed by atoms with Gasteiger partial charge in [0.15, 0.2) is 5.82 Å². The fourth-order valence-electron chi connectivity index (χ4n) is 6.95. The van der Waals surface area contributed by atoms with Crippen molar-refractivity contribution in [1.82, 2.24) is 19.9 Å². The minimum absolute atomic E-state index is 0.653. The van der Waals surface area contributed by atoms with Gasteiger partial charge in [-0.05, 0) is 85.8 Å². The summed E-state index contributed by atoms with van der Waals surface area (Å²) >= 11 is 0. The van der Waals surface area contributed by atoms with E-state index < -0.39 is 0 Å². The molecule has 0 bridgehead atoms. The number of aromatic nitrogens is 4. The Kier molecular flexibility index (Phi) is 7.45. The van der Waals surface area contributed by atoms with E-state index in [9.17, 15) is 0 Å². The first-order valence-electron chi connectivity index (χ1n) is 16.7. The van der Waals surface area contributed by atoms with Gasteiger partial charge in [-0.15, -0.1) is 0 Å². The molecule has 3 aromatic heterocycles. The molecule has 0 saturated carbocycles. The predicted molar refractivity (Wildman–Crippen MR) is 205 cm³/mol. The Morgan fingerprint density at radius 1 is 0.300 bits per heavy atom. The molecule has 0 saturated heterocycles. The van der Waals surface area contributed by atoms with Gasteiger partial charge in [-0.2, -0.15) is 0 Å². The van der Waals surface area contributed by atoms with Crippen LogP contribution in [0.5, 0.6) is 0 Å². The maximum absolute atomic E-state index is 5.20. The zero-order chi connectivity index (χ0) is 33.3. The number of fused-ring (bicyclic) bond motifs is 2. The summed E-state index contributed by atoms with van der Waals surface area (Å²) in [5.41, 5.74) is 11.5. The second-order valence-corrected chi connectivity index (χ2v) is 12.3. The van der Waals surface area contributed by atoms with Crippen molar-refractivity contribution >= 4 is 21.5 Å². The van der Waals surface area contributed by atoms with Crippen molar-refractivity contribution in [2.75, 3.05) is 0 Å². The van der Waals surface area contributed by atoms with E-state index in [4.69, 9.17) is 9.97 Å². The normalized spacial score (nSPS) is 11.2. The second kappa shape index (κ2) is 12.7. The molecule has 0 atom stereocenters. The Bertz CT molecular complexity index is 2580. The molecule has 0 aliphatic carbocycles. The summed E-state index contributed by atoms with van der Waals surface area (Å²) in [4.78, 5) is 19.0. The van der Waals surface area contributed by atoms with Gasteiger partial charge in [-0.3, -0.25) is 9.97 Å². The minimum Gasteiger partial charge on any atom is -0.264 e. The number of pyridine rings is 2. The van der Waals surface area contributed by atoms with Crippen LogP contribution >= 0.6 is 0 Å². The van der Waals surface area contributed by atoms with E-state index in [-0.39, 0.29) is 0 Å². The molecule has 0 aliphatic heterocycles. The largest absolute Gasteiger partial charge is 0.264 e. The van der Waals surface area contributed by atoms with E-state index in [1.165, 1.54) is 38.2 Å². The molecule has 0 unspecified atom stereocenters. The van der Waals surface area contributed by atoms with E-state index in [1.807, 2.05) is 36.7 Å². The minimum atomic E-state index is 0.653. The third-order valence-corrected chi connectivity index (χ3v) is 9.24. The first-order chi connectivity index (χ1) is 24.8. The maximum atomic E-state index is 5.20. The smallest absolute Gasteiger partial charge is 0.160 e. The van der Waals surface area contributed by atoms with Gasteiger partial charge < -0.3 is 0 Å². The average Bonchev–Trinajstić information content (AvgIpc) is 3.21. The van der Waals surface area contributed by atoms with Crippen molar-refractivity contribution in [2.45, 2.75) is 0 Å². The molecular formula is C46H30N4. The molecule has 9 aromatic rings. The standard InChI is InChI=1S/C46H30N4/c1-2-12-31(13-3-1)44-38-20-4-6-22-40(38)45(41-23-7-5-21-39(41)44)34-16-9-15-33(27-34)42-28-43(37-19-11-25-48-30-37)50-46(49-42)35-17-8-14-32(26-35)36-18-10-24-47-29-36/h1-30H. The van der Waals surface area contributed by atoms with Crippen LogP contribution < -0.4 is 0 Å². The van der Waals surface area contributed by atoms with Gasteiger partial charge in [0.05, 0.1) is 11.4 Å². The van der Waals surface area contributed by atoms with Crippen LogP contribution in [-0.4, -0.2) is 19.9 Å². The summed E-state index contributed by atoms with van der Waals surface area (Å²) in [6.45, 7) is 0. The molecule has 4 heteroatoms. The lowest BCUT2D eigenvalue weighted by molar-refractivity contribution is 1.18. The van der Waals surface area contributed by atoms with E-state index >= 15 is 0 Å². The average molecular weight is 639 g/mol. The molecule has 0 aliphatic rings. The van der Waals surface area contributed by atoms with Gasteiger partial charge in [0.1, 0.15) is 0 Å². The lowest BCUT2D eigenvalue weighted by Gasteiger charge is -2.18. The molecule has 3 heterocycles. The van der Waals surface area contributed by atoms with Gasteiger partial charge >= 0.3 is 0 Å². The highest BCUT2D eigenvalue weighted by atomic mass is 14.9. The highest BCUT2D eigenvalue weighted by Crippen LogP contribution is 2.44. The summed E-state index contributed by atoms with van der Waals surface area (Å²) in [7, 11) is 0. The van der Waals surface area contributed by atoms with E-state index in [1.54, 1.807) is 12.4 Å². The first-order valence-corrected chi connectivity index (χ1v) is 16.7. The van der Waals surface area contributed by atoms with Crippen LogP contribution in [0.4, 0.5) is 0 Å². The summed E-state index contributed by atoms with van der Waals surface area (Å²) in [6.07, 6.45) is 7.30. The molecule has 0 radical (unpaired) electrons. The van der Waals surface area contributed by atoms with Gasteiger partial charge in [0.2, 0.25) is 0 Å². The van der Waals surface area contributed by atoms with Crippen molar-refractivity contribution < 1.29 is 0 Å². The van der Waals surface area contributed by atoms with Gasteiger partial charge in [0.25, 0.3) is 0 Å². The fourth-order valence-corrected chi connectivity index (χ4v) is 6.95. The number of benzene rings is 6. The molecule has 234 valence electrons. The van der Waals surface area contributed by atoms with Crippen LogP contribution in [0.25, 0.3) is 88.8 Å². The molecule has 0 spiro atoms. The van der Waals surface area contributed by atoms with Gasteiger partial charge in [-0.25, -0.2) is 9.97 Å². The number of hydrogen-bond acceptors (Lipinski definition) is 4. The second-order valence-electron chi connectivity index (χ2n) is 12.3. The van der Waals surface area contributed by atoms with E-state index in [0.717, 1.165) is 44.8 Å². The summed E-state index contributed by atoms with van der Waals surface area (Å²) in [5, 5.41) is 4.90. The third kappa shape index (κ3) is 5.39. The molecule has 50 heavy (non-hydrogen) atoms. The van der Waals surface area contributed by atoms with Crippen molar-refractivity contribution in [1.29, 1.82) is 0 Å². The van der Waals surface area contributed by atoms with E-state index in [0.29, 0.717) is 5.82 Å². The number of rotatable bonds is 6. The van der Waals surface area contributed by atoms with Gasteiger partial charge in [0, 0.05) is 47.0 Å². The lowest BCUT2D eigenvalue weighted by atomic mass is 9.85. The Morgan fingerprint density at radius 3 is 1.38 bits per heavy atom. The predicted octanol–water partition coefficient (Wildman–Crippen LogP) is 11.6.